The van der Waals surface area contributed by atoms with Gasteiger partial charge in [-0.2, -0.15) is 0 Å². The van der Waals surface area contributed by atoms with Crippen LogP contribution in [0.1, 0.15) is 36.1 Å². The largest absolute Gasteiger partial charge is 0.388 e. The number of hydrogen-bond acceptors (Lipinski definition) is 5. The smallest absolute Gasteiger partial charge is 0.226 e. The van der Waals surface area contributed by atoms with Crippen LogP contribution >= 0.6 is 0 Å². The maximum Gasteiger partial charge on any atom is 0.226 e. The van der Waals surface area contributed by atoms with Crippen molar-refractivity contribution in [3.63, 3.8) is 0 Å². The van der Waals surface area contributed by atoms with Gasteiger partial charge in [0.15, 0.2) is 5.82 Å². The minimum atomic E-state index is -0.115. The van der Waals surface area contributed by atoms with Gasteiger partial charge in [0.05, 0.1) is 12.1 Å². The van der Waals surface area contributed by atoms with E-state index in [1.807, 2.05) is 40.4 Å². The molecule has 25 heavy (non-hydrogen) atoms. The number of nitrogens with one attached hydrogen (secondary N) is 1. The molecule has 0 saturated heterocycles. The number of imidazole rings is 1. The van der Waals surface area contributed by atoms with Crippen molar-refractivity contribution in [3.05, 3.63) is 47.9 Å². The van der Waals surface area contributed by atoms with E-state index in [0.717, 1.165) is 30.0 Å². The summed E-state index contributed by atoms with van der Waals surface area (Å²) in [5.41, 5.74) is 1.72. The van der Waals surface area contributed by atoms with E-state index in [0.29, 0.717) is 12.2 Å². The zero-order valence-corrected chi connectivity index (χ0v) is 14.0. The van der Waals surface area contributed by atoms with Gasteiger partial charge in [-0.25, -0.2) is 4.98 Å². The van der Waals surface area contributed by atoms with Crippen LogP contribution < -0.4 is 5.32 Å². The van der Waals surface area contributed by atoms with E-state index in [1.54, 1.807) is 6.20 Å². The minimum absolute atomic E-state index is 0.00288. The third-order valence-electron chi connectivity index (χ3n) is 4.84. The Morgan fingerprint density at radius 2 is 2.20 bits per heavy atom. The molecular weight excluding hydrogens is 320 g/mol. The summed E-state index contributed by atoms with van der Waals surface area (Å²) in [4.78, 5) is 16.6. The molecule has 0 atom stereocenters. The molecule has 1 aliphatic carbocycles. The highest BCUT2D eigenvalue weighted by Gasteiger charge is 2.34. The van der Waals surface area contributed by atoms with Gasteiger partial charge in [0, 0.05) is 31.4 Å². The average Bonchev–Trinajstić information content (AvgIpc) is 3.15. The number of pyridine rings is 1. The lowest BCUT2D eigenvalue weighted by Crippen LogP contribution is -2.44. The Morgan fingerprint density at radius 3 is 2.96 bits per heavy atom. The van der Waals surface area contributed by atoms with E-state index in [-0.39, 0.29) is 24.5 Å². The minimum Gasteiger partial charge on any atom is -0.388 e. The predicted molar refractivity (Wildman–Crippen MR) is 89.7 cm³/mol. The van der Waals surface area contributed by atoms with Gasteiger partial charge in [0.2, 0.25) is 5.91 Å². The van der Waals surface area contributed by atoms with E-state index in [9.17, 15) is 9.90 Å². The second kappa shape index (κ2) is 6.29. The molecule has 3 heterocycles. The van der Waals surface area contributed by atoms with E-state index in [4.69, 9.17) is 0 Å². The fourth-order valence-electron chi connectivity index (χ4n) is 3.37. The van der Waals surface area contributed by atoms with Crippen molar-refractivity contribution in [1.29, 1.82) is 0 Å². The summed E-state index contributed by atoms with van der Waals surface area (Å²) in [6.07, 6.45) is 5.66. The van der Waals surface area contributed by atoms with Crippen molar-refractivity contribution >= 4 is 11.6 Å². The van der Waals surface area contributed by atoms with Crippen molar-refractivity contribution in [3.8, 4) is 0 Å². The summed E-state index contributed by atoms with van der Waals surface area (Å²) >= 11 is 0. The summed E-state index contributed by atoms with van der Waals surface area (Å²) in [7, 11) is 1.86. The topological polar surface area (TPSA) is 97.3 Å². The summed E-state index contributed by atoms with van der Waals surface area (Å²) in [6, 6.07) is 5.93. The number of aromatic nitrogens is 5. The van der Waals surface area contributed by atoms with Crippen molar-refractivity contribution in [2.24, 2.45) is 7.05 Å². The van der Waals surface area contributed by atoms with Crippen LogP contribution in [-0.4, -0.2) is 41.2 Å². The van der Waals surface area contributed by atoms with Gasteiger partial charge in [0.1, 0.15) is 18.1 Å². The zero-order valence-electron chi connectivity index (χ0n) is 14.0. The Kier molecular flexibility index (Phi) is 3.96. The van der Waals surface area contributed by atoms with E-state index < -0.39 is 0 Å². The van der Waals surface area contributed by atoms with E-state index >= 15 is 0 Å². The van der Waals surface area contributed by atoms with Crippen molar-refractivity contribution in [2.75, 3.05) is 0 Å². The molecule has 3 aromatic heterocycles. The Balaban J connectivity index is 1.33. The molecule has 1 amide bonds. The first-order chi connectivity index (χ1) is 12.2. The summed E-state index contributed by atoms with van der Waals surface area (Å²) in [5.74, 6) is 1.72. The Bertz CT molecular complexity index is 909. The molecular formula is C17H20N6O2. The number of rotatable bonds is 5. The second-order valence-electron chi connectivity index (χ2n) is 6.48. The molecule has 0 bridgehead atoms. The van der Waals surface area contributed by atoms with Gasteiger partial charge in [-0.1, -0.05) is 6.07 Å². The summed E-state index contributed by atoms with van der Waals surface area (Å²) < 4.78 is 3.76. The molecule has 0 aromatic carbocycles. The Morgan fingerprint density at radius 1 is 1.36 bits per heavy atom. The van der Waals surface area contributed by atoms with Crippen LogP contribution in [0.15, 0.2) is 30.6 Å². The van der Waals surface area contributed by atoms with Crippen molar-refractivity contribution < 1.29 is 9.90 Å². The molecule has 8 heteroatoms. The van der Waals surface area contributed by atoms with Crippen molar-refractivity contribution in [1.82, 2.24) is 29.5 Å². The number of carbonyl (C=O) groups is 1. The highest BCUT2D eigenvalue weighted by molar-refractivity contribution is 5.78. The molecule has 0 spiro atoms. The third-order valence-corrected chi connectivity index (χ3v) is 4.84. The molecule has 130 valence electrons. The fourth-order valence-corrected chi connectivity index (χ4v) is 3.37. The highest BCUT2D eigenvalue weighted by Crippen LogP contribution is 2.35. The lowest BCUT2D eigenvalue weighted by molar-refractivity contribution is -0.121. The quantitative estimate of drug-likeness (QED) is 0.707. The molecule has 0 unspecified atom stereocenters. The van der Waals surface area contributed by atoms with Crippen LogP contribution in [0.3, 0.4) is 0 Å². The number of nitrogens with zero attached hydrogens (tertiary/aromatic N) is 5. The van der Waals surface area contributed by atoms with Crippen LogP contribution in [0.5, 0.6) is 0 Å². The van der Waals surface area contributed by atoms with E-state index in [1.165, 1.54) is 0 Å². The Hall–Kier alpha value is -2.74. The van der Waals surface area contributed by atoms with Crippen LogP contribution in [0, 0.1) is 0 Å². The normalized spacial score (nSPS) is 19.8. The predicted octanol–water partition coefficient (Wildman–Crippen LogP) is 0.560. The van der Waals surface area contributed by atoms with Gasteiger partial charge in [0.25, 0.3) is 0 Å². The SMILES string of the molecule is Cn1c(CO)nnc1C1CC(NC(=O)Cc2cnc3ccccn23)C1. The number of aliphatic hydroxyl groups is 1. The average molecular weight is 340 g/mol. The maximum absolute atomic E-state index is 12.3. The third kappa shape index (κ3) is 2.89. The molecule has 0 aliphatic heterocycles. The molecule has 3 aromatic rings. The van der Waals surface area contributed by atoms with Gasteiger partial charge >= 0.3 is 0 Å². The zero-order chi connectivity index (χ0) is 17.4. The van der Waals surface area contributed by atoms with Crippen LogP contribution in [0.4, 0.5) is 0 Å². The van der Waals surface area contributed by atoms with Gasteiger partial charge < -0.3 is 19.4 Å². The molecule has 1 aliphatic rings. The number of amides is 1. The number of aliphatic hydroxyl groups excluding tert-OH is 1. The lowest BCUT2D eigenvalue weighted by Gasteiger charge is -2.35. The van der Waals surface area contributed by atoms with Gasteiger partial charge in [-0.3, -0.25) is 4.79 Å². The van der Waals surface area contributed by atoms with Crippen LogP contribution in [0.25, 0.3) is 5.65 Å². The van der Waals surface area contributed by atoms with E-state index in [2.05, 4.69) is 20.5 Å². The molecule has 1 saturated carbocycles. The maximum atomic E-state index is 12.3. The number of fused-ring (bicyclic) bond motifs is 1. The lowest BCUT2D eigenvalue weighted by atomic mass is 9.79. The van der Waals surface area contributed by atoms with Gasteiger partial charge in [-0.05, 0) is 25.0 Å². The molecule has 0 radical (unpaired) electrons. The standard InChI is InChI=1S/C17H20N6O2/c1-22-15(10-24)20-21-17(22)11-6-12(7-11)19-16(25)8-13-9-18-14-4-2-3-5-23(13)14/h2-5,9,11-12,24H,6-8,10H2,1H3,(H,19,25). The van der Waals surface area contributed by atoms with Gasteiger partial charge in [-0.15, -0.1) is 10.2 Å². The van der Waals surface area contributed by atoms with Crippen LogP contribution in [-0.2, 0) is 24.9 Å². The molecule has 2 N–H and O–H groups in total. The monoisotopic (exact) mass is 340 g/mol. The molecule has 8 nitrogen and oxygen atoms in total. The molecule has 1 fully saturated rings. The van der Waals surface area contributed by atoms with Crippen LogP contribution in [0.2, 0.25) is 0 Å². The molecule has 4 rings (SSSR count). The fraction of sp³-hybridized carbons (Fsp3) is 0.412. The first kappa shape index (κ1) is 15.8. The first-order valence-electron chi connectivity index (χ1n) is 8.35. The summed E-state index contributed by atoms with van der Waals surface area (Å²) in [5, 5.41) is 20.4. The summed E-state index contributed by atoms with van der Waals surface area (Å²) in [6.45, 7) is -0.115. The second-order valence-corrected chi connectivity index (χ2v) is 6.48. The Labute approximate surface area is 144 Å². The number of carbonyl (C=O) groups excluding carboxylic acids is 1. The highest BCUT2D eigenvalue weighted by atomic mass is 16.3. The first-order valence-corrected chi connectivity index (χ1v) is 8.35. The van der Waals surface area contributed by atoms with Crippen molar-refractivity contribution in [2.45, 2.75) is 37.8 Å². The number of hydrogen-bond donors (Lipinski definition) is 2.